The molecule has 3 aromatic rings. The largest absolute Gasteiger partial charge is 0.481 e. The van der Waals surface area contributed by atoms with Crippen LogP contribution < -0.4 is 0 Å². The number of carbonyl (C=O) groups excluding carboxylic acids is 1. The highest BCUT2D eigenvalue weighted by molar-refractivity contribution is 6.06. The van der Waals surface area contributed by atoms with Crippen LogP contribution in [0, 0.1) is 12.8 Å². The molecule has 148 valence electrons. The topological polar surface area (TPSA) is 96.5 Å². The number of likely N-dealkylation sites (tertiary alicyclic amines) is 1. The fraction of sp³-hybridized carbons (Fsp3) is 0.364. The fourth-order valence-corrected chi connectivity index (χ4v) is 4.30. The summed E-state index contributed by atoms with van der Waals surface area (Å²) in [5.41, 5.74) is 3.30. The van der Waals surface area contributed by atoms with Gasteiger partial charge in [0.1, 0.15) is 0 Å². The summed E-state index contributed by atoms with van der Waals surface area (Å²) in [4.78, 5) is 31.6. The number of carboxylic acid groups (broad SMARTS) is 1. The Hall–Kier alpha value is -3.22. The van der Waals surface area contributed by atoms with Crippen molar-refractivity contribution < 1.29 is 19.2 Å². The van der Waals surface area contributed by atoms with Gasteiger partial charge in [-0.3, -0.25) is 9.59 Å². The Kier molecular flexibility index (Phi) is 4.12. The smallest absolute Gasteiger partial charge is 0.308 e. The van der Waals surface area contributed by atoms with E-state index in [1.165, 1.54) is 0 Å². The predicted octanol–water partition coefficient (Wildman–Crippen LogP) is 3.35. The van der Waals surface area contributed by atoms with Crippen LogP contribution in [0.2, 0.25) is 0 Å². The average Bonchev–Trinajstić information content (AvgIpc) is 3.38. The zero-order chi connectivity index (χ0) is 20.1. The van der Waals surface area contributed by atoms with Crippen molar-refractivity contribution in [1.82, 2.24) is 15.0 Å². The number of aliphatic carboxylic acids is 1. The summed E-state index contributed by atoms with van der Waals surface area (Å²) in [5.74, 6) is -1.57. The third-order valence-electron chi connectivity index (χ3n) is 6.01. The Labute approximate surface area is 167 Å². The van der Waals surface area contributed by atoms with Crippen molar-refractivity contribution in [3.63, 3.8) is 0 Å². The summed E-state index contributed by atoms with van der Waals surface area (Å²) in [6.45, 7) is 2.34. The molecule has 1 aromatic carbocycles. The van der Waals surface area contributed by atoms with Crippen LogP contribution in [0.1, 0.15) is 52.0 Å². The van der Waals surface area contributed by atoms with Crippen molar-refractivity contribution in [2.24, 2.45) is 5.92 Å². The van der Waals surface area contributed by atoms with Gasteiger partial charge >= 0.3 is 5.97 Å². The molecule has 2 fully saturated rings. The van der Waals surface area contributed by atoms with E-state index in [1.807, 2.05) is 36.4 Å². The predicted molar refractivity (Wildman–Crippen MR) is 105 cm³/mol. The fourth-order valence-electron chi connectivity index (χ4n) is 4.30. The monoisotopic (exact) mass is 391 g/mol. The quantitative estimate of drug-likeness (QED) is 0.733. The zero-order valence-corrected chi connectivity index (χ0v) is 16.0. The van der Waals surface area contributed by atoms with Crippen molar-refractivity contribution in [3.8, 4) is 0 Å². The summed E-state index contributed by atoms with van der Waals surface area (Å²) in [7, 11) is 0. The first kappa shape index (κ1) is 17.8. The number of pyridine rings is 1. The van der Waals surface area contributed by atoms with Crippen LogP contribution in [0.15, 0.2) is 40.9 Å². The third-order valence-corrected chi connectivity index (χ3v) is 6.01. The SMILES string of the molecule is Cc1noc2nc(C3CC3)cc(C(=O)N3C[C@@H](C(=O)O)[C@H](c4ccccc4)C3)c12. The maximum absolute atomic E-state index is 13.5. The molecule has 0 unspecified atom stereocenters. The van der Waals surface area contributed by atoms with E-state index < -0.39 is 11.9 Å². The van der Waals surface area contributed by atoms with E-state index in [9.17, 15) is 14.7 Å². The maximum atomic E-state index is 13.5. The van der Waals surface area contributed by atoms with Gasteiger partial charge in [-0.15, -0.1) is 0 Å². The number of nitrogens with zero attached hydrogens (tertiary/aromatic N) is 3. The van der Waals surface area contributed by atoms with Crippen LogP contribution in [0.5, 0.6) is 0 Å². The molecule has 1 saturated carbocycles. The molecule has 2 atom stereocenters. The minimum absolute atomic E-state index is 0.181. The van der Waals surface area contributed by atoms with Crippen LogP contribution >= 0.6 is 0 Å². The first-order valence-electron chi connectivity index (χ1n) is 9.87. The van der Waals surface area contributed by atoms with E-state index in [1.54, 1.807) is 11.8 Å². The van der Waals surface area contributed by atoms with E-state index in [0.29, 0.717) is 34.8 Å². The summed E-state index contributed by atoms with van der Waals surface area (Å²) < 4.78 is 5.34. The summed E-state index contributed by atoms with van der Waals surface area (Å²) in [5, 5.41) is 14.4. The van der Waals surface area contributed by atoms with Gasteiger partial charge in [0.05, 0.1) is 22.6 Å². The van der Waals surface area contributed by atoms with Crippen molar-refractivity contribution in [2.45, 2.75) is 31.6 Å². The number of hydrogen-bond acceptors (Lipinski definition) is 5. The van der Waals surface area contributed by atoms with Gasteiger partial charge in [-0.25, -0.2) is 4.98 Å². The summed E-state index contributed by atoms with van der Waals surface area (Å²) in [6.07, 6.45) is 2.11. The molecule has 29 heavy (non-hydrogen) atoms. The molecule has 1 saturated heterocycles. The number of fused-ring (bicyclic) bond motifs is 1. The minimum atomic E-state index is -0.881. The lowest BCUT2D eigenvalue weighted by atomic mass is 9.89. The van der Waals surface area contributed by atoms with E-state index in [4.69, 9.17) is 4.52 Å². The molecule has 0 radical (unpaired) electrons. The number of carbonyl (C=O) groups is 2. The lowest BCUT2D eigenvalue weighted by Gasteiger charge is -2.17. The third kappa shape index (κ3) is 3.06. The molecule has 1 N–H and O–H groups in total. The Morgan fingerprint density at radius 1 is 1.17 bits per heavy atom. The molecular formula is C22H21N3O4. The van der Waals surface area contributed by atoms with Crippen molar-refractivity contribution in [3.05, 3.63) is 58.9 Å². The average molecular weight is 391 g/mol. The molecule has 5 rings (SSSR count). The van der Waals surface area contributed by atoms with E-state index in [2.05, 4.69) is 10.1 Å². The van der Waals surface area contributed by atoms with Crippen LogP contribution in [-0.2, 0) is 4.79 Å². The second kappa shape index (κ2) is 6.69. The molecular weight excluding hydrogens is 370 g/mol. The normalized spacial score (nSPS) is 21.6. The maximum Gasteiger partial charge on any atom is 0.308 e. The van der Waals surface area contributed by atoms with Gasteiger partial charge in [0.15, 0.2) is 0 Å². The van der Waals surface area contributed by atoms with Crippen LogP contribution in [0.3, 0.4) is 0 Å². The number of amides is 1. The van der Waals surface area contributed by atoms with Gasteiger partial charge in [-0.2, -0.15) is 0 Å². The van der Waals surface area contributed by atoms with Crippen molar-refractivity contribution >= 4 is 23.0 Å². The molecule has 3 heterocycles. The van der Waals surface area contributed by atoms with Crippen molar-refractivity contribution in [1.29, 1.82) is 0 Å². The van der Waals surface area contributed by atoms with Crippen LogP contribution in [0.25, 0.3) is 11.1 Å². The highest BCUT2D eigenvalue weighted by atomic mass is 16.5. The van der Waals surface area contributed by atoms with Gasteiger partial charge < -0.3 is 14.5 Å². The molecule has 7 heteroatoms. The summed E-state index contributed by atoms with van der Waals surface area (Å²) >= 11 is 0. The number of aromatic nitrogens is 2. The lowest BCUT2D eigenvalue weighted by molar-refractivity contribution is -0.141. The second-order valence-corrected chi connectivity index (χ2v) is 7.99. The van der Waals surface area contributed by atoms with E-state index in [-0.39, 0.29) is 18.4 Å². The minimum Gasteiger partial charge on any atom is -0.481 e. The molecule has 1 amide bonds. The first-order valence-corrected chi connectivity index (χ1v) is 9.87. The molecule has 1 aliphatic heterocycles. The second-order valence-electron chi connectivity index (χ2n) is 7.99. The molecule has 7 nitrogen and oxygen atoms in total. The van der Waals surface area contributed by atoms with Crippen molar-refractivity contribution in [2.75, 3.05) is 13.1 Å². The molecule has 2 aliphatic rings. The van der Waals surface area contributed by atoms with E-state index >= 15 is 0 Å². The van der Waals surface area contributed by atoms with Gasteiger partial charge in [0, 0.05) is 30.6 Å². The summed E-state index contributed by atoms with van der Waals surface area (Å²) in [6, 6.07) is 11.4. The standard InChI is InChI=1S/C22H21N3O4/c1-12-19-15(9-18(14-7-8-14)23-20(19)29-24-12)21(26)25-10-16(17(11-25)22(27)28)13-5-3-2-4-6-13/h2-6,9,14,16-17H,7-8,10-11H2,1H3,(H,27,28)/t16-,17+/m0/s1. The zero-order valence-electron chi connectivity index (χ0n) is 16.0. The number of aryl methyl sites for hydroxylation is 1. The number of carboxylic acids is 1. The lowest BCUT2D eigenvalue weighted by Crippen LogP contribution is -2.30. The number of hydrogen-bond donors (Lipinski definition) is 1. The van der Waals surface area contributed by atoms with Crippen LogP contribution in [-0.4, -0.2) is 45.1 Å². The molecule has 1 aliphatic carbocycles. The number of rotatable bonds is 4. The molecule has 0 spiro atoms. The highest BCUT2D eigenvalue weighted by Gasteiger charge is 2.41. The number of benzene rings is 1. The van der Waals surface area contributed by atoms with E-state index in [0.717, 1.165) is 24.1 Å². The van der Waals surface area contributed by atoms with Gasteiger partial charge in [0.25, 0.3) is 11.6 Å². The molecule has 0 bridgehead atoms. The Morgan fingerprint density at radius 3 is 2.62 bits per heavy atom. The highest BCUT2D eigenvalue weighted by Crippen LogP contribution is 2.41. The Bertz CT molecular complexity index is 1100. The Balaban J connectivity index is 1.52. The van der Waals surface area contributed by atoms with Gasteiger partial charge in [0.2, 0.25) is 0 Å². The van der Waals surface area contributed by atoms with Gasteiger partial charge in [-0.1, -0.05) is 35.5 Å². The van der Waals surface area contributed by atoms with Crippen LogP contribution in [0.4, 0.5) is 0 Å². The van der Waals surface area contributed by atoms with Gasteiger partial charge in [-0.05, 0) is 31.4 Å². The Morgan fingerprint density at radius 2 is 1.93 bits per heavy atom. The first-order chi connectivity index (χ1) is 14.0. The molecule has 2 aromatic heterocycles.